The van der Waals surface area contributed by atoms with Crippen molar-refractivity contribution in [3.8, 4) is 0 Å². The van der Waals surface area contributed by atoms with Crippen LogP contribution in [-0.2, 0) is 19.6 Å². The van der Waals surface area contributed by atoms with E-state index in [0.29, 0.717) is 0 Å². The fourth-order valence-corrected chi connectivity index (χ4v) is 4.55. The summed E-state index contributed by atoms with van der Waals surface area (Å²) < 4.78 is 2.17. The molecule has 0 aromatic carbocycles. The summed E-state index contributed by atoms with van der Waals surface area (Å²) >= 11 is 0. The summed E-state index contributed by atoms with van der Waals surface area (Å²) in [6.45, 7) is 5.27. The average molecular weight is 303 g/mol. The van der Waals surface area contributed by atoms with E-state index in [9.17, 15) is 0 Å². The molecular formula is C17H29N5. The minimum atomic E-state index is 0.822. The molecule has 0 aliphatic carbocycles. The summed E-state index contributed by atoms with van der Waals surface area (Å²) in [6, 6.07) is 1.64. The molecule has 0 radical (unpaired) electrons. The number of hydrogen-bond acceptors (Lipinski definition) is 4. The Morgan fingerprint density at radius 3 is 2.95 bits per heavy atom. The summed E-state index contributed by atoms with van der Waals surface area (Å²) in [5.41, 5.74) is 2.79. The van der Waals surface area contributed by atoms with E-state index in [1.165, 1.54) is 49.9 Å². The van der Waals surface area contributed by atoms with Gasteiger partial charge in [0.1, 0.15) is 0 Å². The van der Waals surface area contributed by atoms with Gasteiger partial charge in [0.15, 0.2) is 0 Å². The quantitative estimate of drug-likeness (QED) is 0.862. The molecule has 2 fully saturated rings. The minimum absolute atomic E-state index is 0.822. The van der Waals surface area contributed by atoms with Gasteiger partial charge < -0.3 is 15.5 Å². The fraction of sp³-hybridized carbons (Fsp3) is 0.824. The standard InChI is InChI=1S/C17H29N5/c1-21(6-4-13-8-15-2-3-16(9-13)20-15)12-14-10-19-22-7-5-18-11-17(14)22/h10,13,15-16,18,20H,2-9,11-12H2,1H3. The molecule has 1 aromatic heterocycles. The Bertz CT molecular complexity index is 499. The number of piperidine rings is 1. The Morgan fingerprint density at radius 2 is 2.14 bits per heavy atom. The number of nitrogens with zero attached hydrogens (tertiary/aromatic N) is 3. The molecule has 5 nitrogen and oxygen atoms in total. The van der Waals surface area contributed by atoms with Crippen LogP contribution in [-0.4, -0.2) is 46.9 Å². The minimum Gasteiger partial charge on any atom is -0.311 e. The third kappa shape index (κ3) is 3.07. The van der Waals surface area contributed by atoms with Crippen molar-refractivity contribution in [1.29, 1.82) is 0 Å². The molecule has 2 bridgehead atoms. The Morgan fingerprint density at radius 1 is 1.32 bits per heavy atom. The first-order valence-electron chi connectivity index (χ1n) is 8.97. The summed E-state index contributed by atoms with van der Waals surface area (Å²) in [5, 5.41) is 11.7. The van der Waals surface area contributed by atoms with E-state index < -0.39 is 0 Å². The van der Waals surface area contributed by atoms with Crippen molar-refractivity contribution in [3.63, 3.8) is 0 Å². The van der Waals surface area contributed by atoms with Crippen LogP contribution < -0.4 is 10.6 Å². The molecule has 122 valence electrons. The molecule has 0 spiro atoms. The lowest BCUT2D eigenvalue weighted by molar-refractivity contribution is 0.238. The van der Waals surface area contributed by atoms with Crippen molar-refractivity contribution in [2.45, 2.75) is 63.8 Å². The first-order chi connectivity index (χ1) is 10.8. The fourth-order valence-electron chi connectivity index (χ4n) is 4.55. The maximum atomic E-state index is 4.53. The average Bonchev–Trinajstić information content (AvgIpc) is 3.09. The second-order valence-electron chi connectivity index (χ2n) is 7.52. The van der Waals surface area contributed by atoms with E-state index in [1.807, 2.05) is 0 Å². The van der Waals surface area contributed by atoms with Crippen molar-refractivity contribution in [2.75, 3.05) is 20.1 Å². The topological polar surface area (TPSA) is 45.1 Å². The molecule has 3 aliphatic rings. The highest BCUT2D eigenvalue weighted by Crippen LogP contribution is 2.32. The lowest BCUT2D eigenvalue weighted by Gasteiger charge is -2.30. The zero-order chi connectivity index (χ0) is 14.9. The second-order valence-corrected chi connectivity index (χ2v) is 7.52. The van der Waals surface area contributed by atoms with E-state index in [0.717, 1.165) is 44.2 Å². The lowest BCUT2D eigenvalue weighted by Crippen LogP contribution is -2.38. The van der Waals surface area contributed by atoms with Crippen LogP contribution in [0.3, 0.4) is 0 Å². The third-order valence-corrected chi connectivity index (χ3v) is 5.76. The molecular weight excluding hydrogens is 274 g/mol. The summed E-state index contributed by atoms with van der Waals surface area (Å²) in [5.74, 6) is 0.934. The van der Waals surface area contributed by atoms with Crippen LogP contribution in [0.15, 0.2) is 6.20 Å². The third-order valence-electron chi connectivity index (χ3n) is 5.76. The van der Waals surface area contributed by atoms with Crippen molar-refractivity contribution in [2.24, 2.45) is 5.92 Å². The van der Waals surface area contributed by atoms with Gasteiger partial charge in [0.05, 0.1) is 18.4 Å². The van der Waals surface area contributed by atoms with Gasteiger partial charge in [-0.2, -0.15) is 5.10 Å². The highest BCUT2D eigenvalue weighted by molar-refractivity contribution is 5.18. The Labute approximate surface area is 133 Å². The SMILES string of the molecule is CN(CCC1CC2CCC(C1)N2)Cc1cnn2c1CNCC2. The number of aromatic nitrogens is 2. The van der Waals surface area contributed by atoms with Gasteiger partial charge >= 0.3 is 0 Å². The van der Waals surface area contributed by atoms with Crippen LogP contribution in [0.1, 0.15) is 43.4 Å². The van der Waals surface area contributed by atoms with Gasteiger partial charge in [-0.1, -0.05) is 0 Å². The zero-order valence-corrected chi connectivity index (χ0v) is 13.7. The largest absolute Gasteiger partial charge is 0.311 e. The maximum absolute atomic E-state index is 4.53. The molecule has 5 heteroatoms. The van der Waals surface area contributed by atoms with Gasteiger partial charge in [-0.15, -0.1) is 0 Å². The van der Waals surface area contributed by atoms with Crippen LogP contribution in [0.25, 0.3) is 0 Å². The van der Waals surface area contributed by atoms with E-state index in [-0.39, 0.29) is 0 Å². The summed E-state index contributed by atoms with van der Waals surface area (Å²) in [6.07, 6.45) is 9.05. The van der Waals surface area contributed by atoms with Crippen molar-refractivity contribution in [1.82, 2.24) is 25.3 Å². The summed E-state index contributed by atoms with van der Waals surface area (Å²) in [7, 11) is 2.26. The predicted octanol–water partition coefficient (Wildman–Crippen LogP) is 1.34. The maximum Gasteiger partial charge on any atom is 0.0567 e. The molecule has 1 aromatic rings. The smallest absolute Gasteiger partial charge is 0.0567 e. The van der Waals surface area contributed by atoms with Gasteiger partial charge in [-0.05, 0) is 51.6 Å². The number of nitrogens with one attached hydrogen (secondary N) is 2. The van der Waals surface area contributed by atoms with Crippen LogP contribution in [0.5, 0.6) is 0 Å². The van der Waals surface area contributed by atoms with E-state index in [2.05, 4.69) is 38.6 Å². The summed E-state index contributed by atoms with van der Waals surface area (Å²) in [4.78, 5) is 2.48. The molecule has 22 heavy (non-hydrogen) atoms. The molecule has 0 amide bonds. The van der Waals surface area contributed by atoms with E-state index in [1.54, 1.807) is 0 Å². The van der Waals surface area contributed by atoms with Crippen molar-refractivity contribution >= 4 is 0 Å². The van der Waals surface area contributed by atoms with Crippen LogP contribution >= 0.6 is 0 Å². The first kappa shape index (κ1) is 14.7. The first-order valence-corrected chi connectivity index (χ1v) is 8.97. The number of hydrogen-bond donors (Lipinski definition) is 2. The van der Waals surface area contributed by atoms with Crippen molar-refractivity contribution < 1.29 is 0 Å². The highest BCUT2D eigenvalue weighted by atomic mass is 15.3. The predicted molar refractivity (Wildman–Crippen MR) is 87.6 cm³/mol. The monoisotopic (exact) mass is 303 g/mol. The molecule has 2 N–H and O–H groups in total. The van der Waals surface area contributed by atoms with E-state index >= 15 is 0 Å². The second kappa shape index (κ2) is 6.30. The van der Waals surface area contributed by atoms with Crippen LogP contribution in [0.2, 0.25) is 0 Å². The molecule has 2 unspecified atom stereocenters. The lowest BCUT2D eigenvalue weighted by atomic mass is 9.89. The van der Waals surface area contributed by atoms with Crippen LogP contribution in [0, 0.1) is 5.92 Å². The zero-order valence-electron chi connectivity index (χ0n) is 13.7. The molecule has 4 heterocycles. The molecule has 0 saturated carbocycles. The van der Waals surface area contributed by atoms with Gasteiger partial charge in [0.25, 0.3) is 0 Å². The highest BCUT2D eigenvalue weighted by Gasteiger charge is 2.33. The Balaban J connectivity index is 1.28. The van der Waals surface area contributed by atoms with Gasteiger partial charge in [-0.25, -0.2) is 0 Å². The number of fused-ring (bicyclic) bond motifs is 3. The molecule has 2 atom stereocenters. The Kier molecular flexibility index (Phi) is 4.20. The molecule has 2 saturated heterocycles. The van der Waals surface area contributed by atoms with E-state index in [4.69, 9.17) is 0 Å². The Hall–Kier alpha value is -0.910. The van der Waals surface area contributed by atoms with Crippen molar-refractivity contribution in [3.05, 3.63) is 17.5 Å². The van der Waals surface area contributed by atoms with Crippen LogP contribution in [0.4, 0.5) is 0 Å². The number of rotatable bonds is 5. The van der Waals surface area contributed by atoms with Gasteiger partial charge in [0, 0.05) is 37.3 Å². The molecule has 3 aliphatic heterocycles. The van der Waals surface area contributed by atoms with Gasteiger partial charge in [0.2, 0.25) is 0 Å². The molecule has 4 rings (SSSR count). The normalized spacial score (nSPS) is 30.7. The van der Waals surface area contributed by atoms with Gasteiger partial charge in [-0.3, -0.25) is 4.68 Å².